The minimum Gasteiger partial charge on any atom is -0.356 e. The van der Waals surface area contributed by atoms with Crippen molar-refractivity contribution in [2.24, 2.45) is 10.4 Å². The monoisotopic (exact) mass is 264 g/mol. The van der Waals surface area contributed by atoms with Gasteiger partial charge < -0.3 is 4.90 Å². The molecular formula is C15H21ClN2. The summed E-state index contributed by atoms with van der Waals surface area (Å²) in [5.74, 6) is 1.28. The van der Waals surface area contributed by atoms with E-state index in [1.165, 1.54) is 37.2 Å². The van der Waals surface area contributed by atoms with Crippen molar-refractivity contribution in [2.45, 2.75) is 46.0 Å². The summed E-state index contributed by atoms with van der Waals surface area (Å²) in [4.78, 5) is 7.34. The maximum atomic E-state index is 6.38. The molecule has 2 nitrogen and oxygen atoms in total. The molecule has 2 heterocycles. The Kier molecular flexibility index (Phi) is 3.01. The van der Waals surface area contributed by atoms with E-state index < -0.39 is 0 Å². The second kappa shape index (κ2) is 4.41. The molecule has 2 aliphatic heterocycles. The molecule has 0 atom stereocenters. The van der Waals surface area contributed by atoms with Crippen LogP contribution in [0.1, 0.15) is 46.0 Å². The molecule has 0 saturated carbocycles. The van der Waals surface area contributed by atoms with E-state index in [2.05, 4.69) is 24.8 Å². The average Bonchev–Trinajstić information content (AvgIpc) is 2.52. The number of allylic oxidation sites excluding steroid dienone is 2. The molecule has 0 N–H and O–H groups in total. The van der Waals surface area contributed by atoms with Crippen LogP contribution in [0.25, 0.3) is 0 Å². The third-order valence-corrected chi connectivity index (χ3v) is 4.87. The molecule has 98 valence electrons. The average molecular weight is 265 g/mol. The Morgan fingerprint density at radius 3 is 2.94 bits per heavy atom. The van der Waals surface area contributed by atoms with Crippen LogP contribution >= 0.6 is 11.6 Å². The molecule has 0 amide bonds. The predicted molar refractivity (Wildman–Crippen MR) is 76.8 cm³/mol. The topological polar surface area (TPSA) is 15.6 Å². The summed E-state index contributed by atoms with van der Waals surface area (Å²) >= 11 is 6.38. The zero-order chi connectivity index (χ0) is 12.8. The fourth-order valence-electron chi connectivity index (χ4n) is 3.09. The maximum Gasteiger partial charge on any atom is 0.105 e. The maximum absolute atomic E-state index is 6.38. The first-order valence-corrected chi connectivity index (χ1v) is 7.36. The van der Waals surface area contributed by atoms with Crippen molar-refractivity contribution >= 4 is 17.4 Å². The summed E-state index contributed by atoms with van der Waals surface area (Å²) < 4.78 is 0. The summed E-state index contributed by atoms with van der Waals surface area (Å²) in [5, 5.41) is 0.952. The first-order chi connectivity index (χ1) is 8.56. The molecule has 1 fully saturated rings. The Balaban J connectivity index is 1.93. The van der Waals surface area contributed by atoms with Gasteiger partial charge in [-0.3, -0.25) is 0 Å². The largest absolute Gasteiger partial charge is 0.356 e. The Hall–Kier alpha value is -0.760. The van der Waals surface area contributed by atoms with Crippen LogP contribution < -0.4 is 0 Å². The number of halogens is 1. The van der Waals surface area contributed by atoms with Gasteiger partial charge in [0.05, 0.1) is 5.70 Å². The SMILES string of the molecule is CC1(C)CC2=C(C=C1Cl)N=C1CCCCCN1C2. The van der Waals surface area contributed by atoms with E-state index in [-0.39, 0.29) is 5.41 Å². The van der Waals surface area contributed by atoms with Crippen LogP contribution in [0.5, 0.6) is 0 Å². The van der Waals surface area contributed by atoms with Gasteiger partial charge in [0.15, 0.2) is 0 Å². The standard InChI is InChI=1S/C15H21ClN2/c1-15(2)9-11-10-18-7-5-3-4-6-14(18)17-12(11)8-13(15)16/h8H,3-7,9-10H2,1-2H3. The van der Waals surface area contributed by atoms with E-state index in [1.54, 1.807) is 0 Å². The lowest BCUT2D eigenvalue weighted by molar-refractivity contribution is 0.390. The number of rotatable bonds is 0. The highest BCUT2D eigenvalue weighted by atomic mass is 35.5. The zero-order valence-corrected chi connectivity index (χ0v) is 12.1. The van der Waals surface area contributed by atoms with Crippen LogP contribution in [0.3, 0.4) is 0 Å². The van der Waals surface area contributed by atoms with E-state index in [1.807, 2.05) is 0 Å². The summed E-state index contributed by atoms with van der Waals surface area (Å²) in [5.41, 5.74) is 2.70. The summed E-state index contributed by atoms with van der Waals surface area (Å²) in [6, 6.07) is 0. The van der Waals surface area contributed by atoms with Gasteiger partial charge in [-0.1, -0.05) is 31.9 Å². The van der Waals surface area contributed by atoms with Crippen LogP contribution in [0.4, 0.5) is 0 Å². The van der Waals surface area contributed by atoms with E-state index in [0.717, 1.165) is 30.1 Å². The highest BCUT2D eigenvalue weighted by Crippen LogP contribution is 2.43. The Bertz CT molecular complexity index is 457. The van der Waals surface area contributed by atoms with Gasteiger partial charge in [0, 0.05) is 30.0 Å². The molecule has 0 aromatic rings. The number of hydrogen-bond donors (Lipinski definition) is 0. The molecule has 18 heavy (non-hydrogen) atoms. The molecule has 0 unspecified atom stereocenters. The molecule has 0 bridgehead atoms. The third kappa shape index (κ3) is 2.11. The van der Waals surface area contributed by atoms with E-state index in [4.69, 9.17) is 16.6 Å². The van der Waals surface area contributed by atoms with Gasteiger partial charge in [-0.05, 0) is 30.9 Å². The number of nitrogens with zero attached hydrogens (tertiary/aromatic N) is 2. The fourth-order valence-corrected chi connectivity index (χ4v) is 3.26. The van der Waals surface area contributed by atoms with Gasteiger partial charge in [0.25, 0.3) is 0 Å². The Labute approximate surface area is 114 Å². The zero-order valence-electron chi connectivity index (χ0n) is 11.3. The lowest BCUT2D eigenvalue weighted by Crippen LogP contribution is -2.37. The number of hydrogen-bond acceptors (Lipinski definition) is 2. The van der Waals surface area contributed by atoms with Crippen molar-refractivity contribution in [1.82, 2.24) is 4.90 Å². The minimum absolute atomic E-state index is 0.0826. The highest BCUT2D eigenvalue weighted by Gasteiger charge is 2.32. The van der Waals surface area contributed by atoms with Crippen LogP contribution in [0, 0.1) is 5.41 Å². The van der Waals surface area contributed by atoms with Crippen LogP contribution in [-0.2, 0) is 0 Å². The van der Waals surface area contributed by atoms with Crippen LogP contribution in [0.15, 0.2) is 27.4 Å². The van der Waals surface area contributed by atoms with Crippen molar-refractivity contribution in [1.29, 1.82) is 0 Å². The van der Waals surface area contributed by atoms with Crippen LogP contribution in [-0.4, -0.2) is 23.8 Å². The number of aliphatic imine (C=N–C) groups is 1. The molecule has 3 aliphatic rings. The molecule has 0 radical (unpaired) electrons. The smallest absolute Gasteiger partial charge is 0.105 e. The van der Waals surface area contributed by atoms with Crippen molar-refractivity contribution in [2.75, 3.05) is 13.1 Å². The highest BCUT2D eigenvalue weighted by molar-refractivity contribution is 6.30. The van der Waals surface area contributed by atoms with Gasteiger partial charge >= 0.3 is 0 Å². The summed E-state index contributed by atoms with van der Waals surface area (Å²) in [7, 11) is 0. The third-order valence-electron chi connectivity index (χ3n) is 4.25. The second-order valence-electron chi connectivity index (χ2n) is 6.30. The van der Waals surface area contributed by atoms with Crippen LogP contribution in [0.2, 0.25) is 0 Å². The van der Waals surface area contributed by atoms with Gasteiger partial charge in [-0.2, -0.15) is 0 Å². The van der Waals surface area contributed by atoms with Gasteiger partial charge in [-0.15, -0.1) is 0 Å². The molecule has 0 aromatic carbocycles. The Morgan fingerprint density at radius 2 is 2.11 bits per heavy atom. The molecule has 3 rings (SSSR count). The quantitative estimate of drug-likeness (QED) is 0.644. The van der Waals surface area contributed by atoms with Gasteiger partial charge in [0.2, 0.25) is 0 Å². The minimum atomic E-state index is 0.0826. The molecule has 1 saturated heterocycles. The number of amidine groups is 1. The van der Waals surface area contributed by atoms with E-state index in [9.17, 15) is 0 Å². The van der Waals surface area contributed by atoms with Crippen molar-refractivity contribution in [3.05, 3.63) is 22.4 Å². The summed E-state index contributed by atoms with van der Waals surface area (Å²) in [6.45, 7) is 6.68. The summed E-state index contributed by atoms with van der Waals surface area (Å²) in [6.07, 6.45) is 8.19. The fraction of sp³-hybridized carbons (Fsp3) is 0.667. The van der Waals surface area contributed by atoms with E-state index >= 15 is 0 Å². The second-order valence-corrected chi connectivity index (χ2v) is 6.71. The molecule has 3 heteroatoms. The van der Waals surface area contributed by atoms with Crippen molar-refractivity contribution < 1.29 is 0 Å². The van der Waals surface area contributed by atoms with Crippen molar-refractivity contribution in [3.8, 4) is 0 Å². The van der Waals surface area contributed by atoms with Gasteiger partial charge in [0.1, 0.15) is 5.84 Å². The lowest BCUT2D eigenvalue weighted by atomic mass is 9.80. The normalized spacial score (nSPS) is 26.9. The lowest BCUT2D eigenvalue weighted by Gasteiger charge is -2.36. The Morgan fingerprint density at radius 1 is 1.28 bits per heavy atom. The molecule has 0 aromatic heterocycles. The first kappa shape index (κ1) is 12.3. The predicted octanol–water partition coefficient (Wildman–Crippen LogP) is 4.08. The molecular weight excluding hydrogens is 244 g/mol. The van der Waals surface area contributed by atoms with E-state index in [0.29, 0.717) is 0 Å². The van der Waals surface area contributed by atoms with Crippen molar-refractivity contribution in [3.63, 3.8) is 0 Å². The molecule has 1 aliphatic carbocycles. The number of fused-ring (bicyclic) bond motifs is 1. The first-order valence-electron chi connectivity index (χ1n) is 6.98. The molecule has 0 spiro atoms. The van der Waals surface area contributed by atoms with Gasteiger partial charge in [-0.25, -0.2) is 4.99 Å².